The van der Waals surface area contributed by atoms with Gasteiger partial charge in [0.1, 0.15) is 6.61 Å². The molecule has 0 aliphatic carbocycles. The molecule has 0 fully saturated rings. The summed E-state index contributed by atoms with van der Waals surface area (Å²) in [6.07, 6.45) is 1.51. The van der Waals surface area contributed by atoms with E-state index < -0.39 is 12.2 Å². The maximum atomic E-state index is 9.52. The van der Waals surface area contributed by atoms with Crippen LogP contribution < -0.4 is 0 Å². The maximum Gasteiger partial charge on any atom is 0.155 e. The van der Waals surface area contributed by atoms with Crippen molar-refractivity contribution < 1.29 is 15.1 Å². The number of hydrogen-bond acceptors (Lipinski definition) is 5. The van der Waals surface area contributed by atoms with E-state index in [9.17, 15) is 10.0 Å². The fourth-order valence-electron chi connectivity index (χ4n) is 1.06. The fourth-order valence-corrected chi connectivity index (χ4v) is 1.06. The first-order chi connectivity index (χ1) is 6.20. The standard InChI is InChI=1S/C8H17NO4/c1-2-3-4-7(10)5-8(11)6-13-9-12/h7-8,10-11H,2-6H2,1H3. The minimum Gasteiger partial charge on any atom is -0.393 e. The molecule has 0 heterocycles. The van der Waals surface area contributed by atoms with Crippen LogP contribution in [0.2, 0.25) is 0 Å². The van der Waals surface area contributed by atoms with Crippen molar-refractivity contribution in [3.63, 3.8) is 0 Å². The largest absolute Gasteiger partial charge is 0.393 e. The highest BCUT2D eigenvalue weighted by Crippen LogP contribution is 2.07. The molecule has 2 N–H and O–H groups in total. The van der Waals surface area contributed by atoms with Crippen molar-refractivity contribution >= 4 is 0 Å². The van der Waals surface area contributed by atoms with Gasteiger partial charge in [0.25, 0.3) is 0 Å². The van der Waals surface area contributed by atoms with Gasteiger partial charge in [-0.05, 0) is 6.42 Å². The minimum atomic E-state index is -0.815. The van der Waals surface area contributed by atoms with E-state index in [0.29, 0.717) is 6.42 Å². The minimum absolute atomic E-state index is 0.146. The summed E-state index contributed by atoms with van der Waals surface area (Å²) in [5.41, 5.74) is 0. The van der Waals surface area contributed by atoms with Crippen LogP contribution in [0.4, 0.5) is 0 Å². The SMILES string of the molecule is CCCCC(O)CC(O)CON=O. The maximum absolute atomic E-state index is 9.52. The second-order valence-corrected chi connectivity index (χ2v) is 3.06. The molecule has 0 bridgehead atoms. The van der Waals surface area contributed by atoms with Gasteiger partial charge in [-0.2, -0.15) is 0 Å². The molecule has 0 aromatic carbocycles. The molecule has 0 aliphatic heterocycles. The predicted octanol–water partition coefficient (Wildman–Crippen LogP) is 0.986. The van der Waals surface area contributed by atoms with Gasteiger partial charge in [0.2, 0.25) is 0 Å². The zero-order valence-corrected chi connectivity index (χ0v) is 7.85. The highest BCUT2D eigenvalue weighted by Gasteiger charge is 2.11. The van der Waals surface area contributed by atoms with Crippen LogP contribution >= 0.6 is 0 Å². The first-order valence-corrected chi connectivity index (χ1v) is 4.51. The van der Waals surface area contributed by atoms with Gasteiger partial charge in [0.15, 0.2) is 5.34 Å². The number of aliphatic hydroxyl groups excluding tert-OH is 2. The molecule has 0 spiro atoms. The molecule has 0 amide bonds. The highest BCUT2D eigenvalue weighted by atomic mass is 16.7. The molecular formula is C8H17NO4. The Balaban J connectivity index is 3.40. The normalized spacial score (nSPS) is 15.0. The fraction of sp³-hybridized carbons (Fsp3) is 1.00. The second kappa shape index (κ2) is 7.94. The van der Waals surface area contributed by atoms with Crippen molar-refractivity contribution in [1.29, 1.82) is 0 Å². The Morgan fingerprint density at radius 1 is 1.38 bits per heavy atom. The lowest BCUT2D eigenvalue weighted by molar-refractivity contribution is 0.00543. The molecule has 5 nitrogen and oxygen atoms in total. The van der Waals surface area contributed by atoms with E-state index in [4.69, 9.17) is 5.11 Å². The Hall–Kier alpha value is -0.680. The number of nitrogens with zero attached hydrogens (tertiary/aromatic N) is 1. The first kappa shape index (κ1) is 12.3. The molecule has 0 aliphatic rings. The Bertz CT molecular complexity index is 131. The molecule has 0 rings (SSSR count). The van der Waals surface area contributed by atoms with Crippen molar-refractivity contribution in [2.75, 3.05) is 6.61 Å². The summed E-state index contributed by atoms with van der Waals surface area (Å²) < 4.78 is 0. The van der Waals surface area contributed by atoms with E-state index in [1.54, 1.807) is 0 Å². The highest BCUT2D eigenvalue weighted by molar-refractivity contribution is 4.62. The average Bonchev–Trinajstić information content (AvgIpc) is 2.11. The second-order valence-electron chi connectivity index (χ2n) is 3.06. The number of aliphatic hydroxyl groups is 2. The van der Waals surface area contributed by atoms with Crippen molar-refractivity contribution in [2.24, 2.45) is 5.34 Å². The first-order valence-electron chi connectivity index (χ1n) is 4.51. The zero-order chi connectivity index (χ0) is 10.1. The quantitative estimate of drug-likeness (QED) is 0.443. The van der Waals surface area contributed by atoms with Crippen LogP contribution in [0.1, 0.15) is 32.6 Å². The number of rotatable bonds is 8. The molecule has 2 atom stereocenters. The van der Waals surface area contributed by atoms with Gasteiger partial charge < -0.3 is 15.1 Å². The van der Waals surface area contributed by atoms with Gasteiger partial charge in [-0.15, -0.1) is 4.91 Å². The number of hydrogen-bond donors (Lipinski definition) is 2. The van der Waals surface area contributed by atoms with E-state index in [2.05, 4.69) is 10.2 Å². The molecule has 78 valence electrons. The molecular weight excluding hydrogens is 174 g/mol. The van der Waals surface area contributed by atoms with Gasteiger partial charge in [-0.25, -0.2) is 0 Å². The van der Waals surface area contributed by atoms with E-state index >= 15 is 0 Å². The van der Waals surface area contributed by atoms with Gasteiger partial charge >= 0.3 is 0 Å². The molecule has 13 heavy (non-hydrogen) atoms. The number of unbranched alkanes of at least 4 members (excludes halogenated alkanes) is 1. The van der Waals surface area contributed by atoms with Crippen LogP contribution in [0.5, 0.6) is 0 Å². The molecule has 0 radical (unpaired) electrons. The van der Waals surface area contributed by atoms with Crippen LogP contribution in [0, 0.1) is 4.91 Å². The average molecular weight is 191 g/mol. The van der Waals surface area contributed by atoms with Gasteiger partial charge in [0, 0.05) is 6.42 Å². The molecule has 0 saturated heterocycles. The monoisotopic (exact) mass is 191 g/mol. The zero-order valence-electron chi connectivity index (χ0n) is 7.85. The van der Waals surface area contributed by atoms with Crippen molar-refractivity contribution in [3.05, 3.63) is 4.91 Å². The van der Waals surface area contributed by atoms with Crippen LogP contribution in [-0.4, -0.2) is 29.0 Å². The molecule has 5 heteroatoms. The molecule has 0 aromatic heterocycles. The third-order valence-corrected chi connectivity index (χ3v) is 1.75. The Morgan fingerprint density at radius 2 is 2.08 bits per heavy atom. The van der Waals surface area contributed by atoms with Crippen molar-refractivity contribution in [1.82, 2.24) is 0 Å². The van der Waals surface area contributed by atoms with Crippen molar-refractivity contribution in [3.8, 4) is 0 Å². The van der Waals surface area contributed by atoms with Crippen LogP contribution in [0.25, 0.3) is 0 Å². The lowest BCUT2D eigenvalue weighted by Gasteiger charge is -2.13. The summed E-state index contributed by atoms with van der Waals surface area (Å²) >= 11 is 0. The summed E-state index contributed by atoms with van der Waals surface area (Å²) in [7, 11) is 0. The Morgan fingerprint density at radius 3 is 2.62 bits per heavy atom. The molecule has 0 saturated carbocycles. The van der Waals surface area contributed by atoms with Crippen LogP contribution in [-0.2, 0) is 4.84 Å². The summed E-state index contributed by atoms with van der Waals surface area (Å²) in [5.74, 6) is 0. The summed E-state index contributed by atoms with van der Waals surface area (Å²) in [4.78, 5) is 13.6. The smallest absolute Gasteiger partial charge is 0.155 e. The lowest BCUT2D eigenvalue weighted by Crippen LogP contribution is -2.21. The third-order valence-electron chi connectivity index (χ3n) is 1.75. The predicted molar refractivity (Wildman–Crippen MR) is 47.9 cm³/mol. The van der Waals surface area contributed by atoms with Crippen LogP contribution in [0.3, 0.4) is 0 Å². The summed E-state index contributed by atoms with van der Waals surface area (Å²) in [5, 5.41) is 20.6. The van der Waals surface area contributed by atoms with Gasteiger partial charge in [-0.1, -0.05) is 19.8 Å². The Labute approximate surface area is 77.6 Å². The molecule has 0 aromatic rings. The van der Waals surface area contributed by atoms with E-state index in [1.807, 2.05) is 6.92 Å². The topological polar surface area (TPSA) is 79.1 Å². The summed E-state index contributed by atoms with van der Waals surface area (Å²) in [6, 6.07) is 0. The van der Waals surface area contributed by atoms with E-state index in [1.165, 1.54) is 0 Å². The van der Waals surface area contributed by atoms with Crippen molar-refractivity contribution in [2.45, 2.75) is 44.8 Å². The lowest BCUT2D eigenvalue weighted by atomic mass is 10.1. The van der Waals surface area contributed by atoms with E-state index in [0.717, 1.165) is 12.8 Å². The summed E-state index contributed by atoms with van der Waals surface area (Å²) in [6.45, 7) is 1.88. The van der Waals surface area contributed by atoms with Gasteiger partial charge in [0.05, 0.1) is 12.2 Å². The van der Waals surface area contributed by atoms with Crippen LogP contribution in [0.15, 0.2) is 5.34 Å². The van der Waals surface area contributed by atoms with Gasteiger partial charge in [-0.3, -0.25) is 0 Å². The molecule has 2 unspecified atom stereocenters. The third kappa shape index (κ3) is 7.67. The van der Waals surface area contributed by atoms with E-state index in [-0.39, 0.29) is 13.0 Å². The Kier molecular flexibility index (Phi) is 7.53.